The second-order valence-electron chi connectivity index (χ2n) is 4.38. The molecule has 3 heteroatoms. The fourth-order valence-corrected chi connectivity index (χ4v) is 2.17. The Balaban J connectivity index is 2.06. The Bertz CT molecular complexity index is 411. The molecule has 0 unspecified atom stereocenters. The number of benzene rings is 1. The number of hydrogen-bond acceptors (Lipinski definition) is 3. The number of rotatable bonds is 3. The molecule has 2 rings (SSSR count). The fourth-order valence-electron chi connectivity index (χ4n) is 2.17. The van der Waals surface area contributed by atoms with Crippen LogP contribution in [0.3, 0.4) is 0 Å². The van der Waals surface area contributed by atoms with Gasteiger partial charge in [0.1, 0.15) is 0 Å². The van der Waals surface area contributed by atoms with Crippen molar-refractivity contribution in [2.24, 2.45) is 5.92 Å². The standard InChI is InChI=1S/C15H18O3/c1-17-15(16)13-8-5-11-18-14(13)10-9-12-6-3-2-4-7-12/h2-4,6-7,9-10,13-14H,5,8,11H2,1H3/b10-9+/t13-,14+/m0/s1. The second-order valence-corrected chi connectivity index (χ2v) is 4.38. The van der Waals surface area contributed by atoms with Crippen molar-refractivity contribution in [2.75, 3.05) is 13.7 Å². The van der Waals surface area contributed by atoms with E-state index in [4.69, 9.17) is 9.47 Å². The second kappa shape index (κ2) is 6.36. The summed E-state index contributed by atoms with van der Waals surface area (Å²) in [5.74, 6) is -0.360. The van der Waals surface area contributed by atoms with Crippen LogP contribution in [0.25, 0.3) is 6.08 Å². The molecule has 0 bridgehead atoms. The molecule has 1 aromatic rings. The molecule has 3 nitrogen and oxygen atoms in total. The van der Waals surface area contributed by atoms with Crippen molar-refractivity contribution in [3.63, 3.8) is 0 Å². The van der Waals surface area contributed by atoms with E-state index >= 15 is 0 Å². The average molecular weight is 246 g/mol. The minimum absolute atomic E-state index is 0.175. The number of carbonyl (C=O) groups is 1. The summed E-state index contributed by atoms with van der Waals surface area (Å²) in [5, 5.41) is 0. The van der Waals surface area contributed by atoms with E-state index < -0.39 is 0 Å². The lowest BCUT2D eigenvalue weighted by Gasteiger charge is -2.27. The highest BCUT2D eigenvalue weighted by atomic mass is 16.5. The Kier molecular flexibility index (Phi) is 4.53. The SMILES string of the molecule is COC(=O)[C@H]1CCCO[C@@H]1/C=C/c1ccccc1. The third-order valence-corrected chi connectivity index (χ3v) is 3.15. The van der Waals surface area contributed by atoms with Gasteiger partial charge < -0.3 is 9.47 Å². The molecule has 1 fully saturated rings. The Morgan fingerprint density at radius 3 is 2.89 bits per heavy atom. The van der Waals surface area contributed by atoms with Gasteiger partial charge in [-0.2, -0.15) is 0 Å². The summed E-state index contributed by atoms with van der Waals surface area (Å²) in [6.07, 6.45) is 5.51. The monoisotopic (exact) mass is 246 g/mol. The minimum Gasteiger partial charge on any atom is -0.469 e. The van der Waals surface area contributed by atoms with Gasteiger partial charge in [0.2, 0.25) is 0 Å². The van der Waals surface area contributed by atoms with Gasteiger partial charge >= 0.3 is 5.97 Å². The maximum Gasteiger partial charge on any atom is 0.311 e. The summed E-state index contributed by atoms with van der Waals surface area (Å²) in [6, 6.07) is 9.99. The van der Waals surface area contributed by atoms with Crippen molar-refractivity contribution in [1.82, 2.24) is 0 Å². The summed E-state index contributed by atoms with van der Waals surface area (Å²) in [7, 11) is 1.43. The van der Waals surface area contributed by atoms with Crippen molar-refractivity contribution >= 4 is 12.0 Å². The summed E-state index contributed by atoms with van der Waals surface area (Å²) >= 11 is 0. The number of hydrogen-bond donors (Lipinski definition) is 0. The van der Waals surface area contributed by atoms with Crippen molar-refractivity contribution in [3.8, 4) is 0 Å². The number of ether oxygens (including phenoxy) is 2. The van der Waals surface area contributed by atoms with E-state index in [0.717, 1.165) is 18.4 Å². The first kappa shape index (κ1) is 12.8. The molecule has 1 saturated heterocycles. The van der Waals surface area contributed by atoms with Crippen molar-refractivity contribution in [2.45, 2.75) is 18.9 Å². The molecular weight excluding hydrogens is 228 g/mol. The van der Waals surface area contributed by atoms with E-state index in [2.05, 4.69) is 0 Å². The maximum atomic E-state index is 11.7. The van der Waals surface area contributed by atoms with Crippen LogP contribution < -0.4 is 0 Å². The van der Waals surface area contributed by atoms with Gasteiger partial charge in [-0.25, -0.2) is 0 Å². The van der Waals surface area contributed by atoms with Crippen LogP contribution in [0.5, 0.6) is 0 Å². The van der Waals surface area contributed by atoms with Gasteiger partial charge in [-0.15, -0.1) is 0 Å². The minimum atomic E-state index is -0.183. The molecule has 2 atom stereocenters. The molecule has 1 aliphatic heterocycles. The summed E-state index contributed by atoms with van der Waals surface area (Å²) in [6.45, 7) is 0.706. The molecule has 1 heterocycles. The van der Waals surface area contributed by atoms with E-state index in [9.17, 15) is 4.79 Å². The molecule has 0 radical (unpaired) electrons. The fraction of sp³-hybridized carbons (Fsp3) is 0.400. The van der Waals surface area contributed by atoms with Gasteiger partial charge in [0, 0.05) is 6.61 Å². The van der Waals surface area contributed by atoms with Gasteiger partial charge in [-0.1, -0.05) is 42.5 Å². The molecule has 0 spiro atoms. The lowest BCUT2D eigenvalue weighted by Crippen LogP contribution is -2.34. The third-order valence-electron chi connectivity index (χ3n) is 3.15. The summed E-state index contributed by atoms with van der Waals surface area (Å²) < 4.78 is 10.5. The molecule has 0 saturated carbocycles. The molecule has 0 aromatic heterocycles. The van der Waals surface area contributed by atoms with Crippen molar-refractivity contribution < 1.29 is 14.3 Å². The van der Waals surface area contributed by atoms with Crippen LogP contribution in [0.1, 0.15) is 18.4 Å². The Morgan fingerprint density at radius 1 is 1.39 bits per heavy atom. The van der Waals surface area contributed by atoms with Crippen LogP contribution in [0, 0.1) is 5.92 Å². The van der Waals surface area contributed by atoms with E-state index in [1.54, 1.807) is 0 Å². The molecule has 0 N–H and O–H groups in total. The van der Waals surface area contributed by atoms with Crippen LogP contribution in [0.15, 0.2) is 36.4 Å². The highest BCUT2D eigenvalue weighted by Crippen LogP contribution is 2.23. The molecule has 1 aliphatic rings. The van der Waals surface area contributed by atoms with Crippen LogP contribution in [-0.4, -0.2) is 25.8 Å². The quantitative estimate of drug-likeness (QED) is 0.769. The van der Waals surface area contributed by atoms with Gasteiger partial charge in [0.25, 0.3) is 0 Å². The van der Waals surface area contributed by atoms with E-state index in [0.29, 0.717) is 6.61 Å². The first-order chi connectivity index (χ1) is 8.81. The van der Waals surface area contributed by atoms with E-state index in [1.807, 2.05) is 42.5 Å². The number of methoxy groups -OCH3 is 1. The van der Waals surface area contributed by atoms with Crippen LogP contribution in [0.2, 0.25) is 0 Å². The largest absolute Gasteiger partial charge is 0.469 e. The average Bonchev–Trinajstić information content (AvgIpc) is 2.45. The molecular formula is C15H18O3. The molecule has 0 amide bonds. The molecule has 96 valence electrons. The first-order valence-corrected chi connectivity index (χ1v) is 6.24. The lowest BCUT2D eigenvalue weighted by atomic mass is 9.93. The van der Waals surface area contributed by atoms with E-state index in [-0.39, 0.29) is 18.0 Å². The van der Waals surface area contributed by atoms with Crippen LogP contribution >= 0.6 is 0 Å². The highest BCUT2D eigenvalue weighted by molar-refractivity contribution is 5.73. The maximum absolute atomic E-state index is 11.7. The predicted molar refractivity (Wildman–Crippen MR) is 70.0 cm³/mol. The van der Waals surface area contributed by atoms with Gasteiger partial charge in [-0.3, -0.25) is 4.79 Å². The molecule has 18 heavy (non-hydrogen) atoms. The van der Waals surface area contributed by atoms with Gasteiger partial charge in [-0.05, 0) is 18.4 Å². The predicted octanol–water partition coefficient (Wildman–Crippen LogP) is 2.67. The zero-order valence-corrected chi connectivity index (χ0v) is 10.5. The highest BCUT2D eigenvalue weighted by Gasteiger charge is 2.30. The van der Waals surface area contributed by atoms with Crippen molar-refractivity contribution in [1.29, 1.82) is 0 Å². The lowest BCUT2D eigenvalue weighted by molar-refractivity contribution is -0.152. The van der Waals surface area contributed by atoms with Gasteiger partial charge in [0.05, 0.1) is 19.1 Å². The summed E-state index contributed by atoms with van der Waals surface area (Å²) in [5.41, 5.74) is 1.11. The Morgan fingerprint density at radius 2 is 2.17 bits per heavy atom. The van der Waals surface area contributed by atoms with Crippen molar-refractivity contribution in [3.05, 3.63) is 42.0 Å². The number of carbonyl (C=O) groups excluding carboxylic acids is 1. The van der Waals surface area contributed by atoms with E-state index in [1.165, 1.54) is 7.11 Å². The molecule has 1 aromatic carbocycles. The normalized spacial score (nSPS) is 24.1. The van der Waals surface area contributed by atoms with Crippen LogP contribution in [-0.2, 0) is 14.3 Å². The smallest absolute Gasteiger partial charge is 0.311 e. The zero-order valence-electron chi connectivity index (χ0n) is 10.5. The first-order valence-electron chi connectivity index (χ1n) is 6.24. The topological polar surface area (TPSA) is 35.5 Å². The Labute approximate surface area is 107 Å². The zero-order chi connectivity index (χ0) is 12.8. The molecule has 0 aliphatic carbocycles. The Hall–Kier alpha value is -1.61. The van der Waals surface area contributed by atoms with Gasteiger partial charge in [0.15, 0.2) is 0 Å². The van der Waals surface area contributed by atoms with Crippen LogP contribution in [0.4, 0.5) is 0 Å². The number of esters is 1. The summed E-state index contributed by atoms with van der Waals surface area (Å²) in [4.78, 5) is 11.7. The third kappa shape index (κ3) is 3.20.